The van der Waals surface area contributed by atoms with Gasteiger partial charge in [0.05, 0.1) is 6.04 Å². The van der Waals surface area contributed by atoms with Crippen molar-refractivity contribution in [1.29, 1.82) is 0 Å². The molecular weight excluding hydrogens is 334 g/mol. The second kappa shape index (κ2) is 6.57. The fraction of sp³-hybridized carbons (Fsp3) is 0.312. The average molecular weight is 352 g/mol. The van der Waals surface area contributed by atoms with Gasteiger partial charge < -0.3 is 4.90 Å². The minimum absolute atomic E-state index is 0.174. The Kier molecular flexibility index (Phi) is 4.68. The van der Waals surface area contributed by atoms with Crippen LogP contribution >= 0.6 is 11.6 Å². The summed E-state index contributed by atoms with van der Waals surface area (Å²) >= 11 is 5.77. The van der Waals surface area contributed by atoms with Crippen LogP contribution in [0.25, 0.3) is 0 Å². The van der Waals surface area contributed by atoms with E-state index in [9.17, 15) is 8.42 Å². The number of likely N-dealkylation sites (N-methyl/N-ethyl adjacent to an activating group) is 1. The van der Waals surface area contributed by atoms with Gasteiger partial charge in [0, 0.05) is 25.8 Å². The van der Waals surface area contributed by atoms with Gasteiger partial charge in [-0.1, -0.05) is 41.9 Å². The Morgan fingerprint density at radius 2 is 1.87 bits per heavy atom. The van der Waals surface area contributed by atoms with Gasteiger partial charge in [0.15, 0.2) is 0 Å². The molecule has 1 aromatic heterocycles. The van der Waals surface area contributed by atoms with Crippen LogP contribution in [0.15, 0.2) is 53.6 Å². The summed E-state index contributed by atoms with van der Waals surface area (Å²) in [6.07, 6.45) is 1.32. The lowest BCUT2D eigenvalue weighted by atomic mass is 10.1. The molecule has 1 fully saturated rings. The molecule has 0 saturated carbocycles. The van der Waals surface area contributed by atoms with Crippen molar-refractivity contribution in [3.05, 3.63) is 59.4 Å². The standard InChI is InChI=1S/C16H18ClN3O2S/c1-19-9-10-20(15(12-19)13-5-3-2-4-6-13)23(21,22)14-7-8-16(17)18-11-14/h2-8,11,15H,9-10,12H2,1H3. The molecule has 1 unspecified atom stereocenters. The third-order valence-electron chi connectivity index (χ3n) is 4.03. The molecule has 2 aromatic rings. The molecule has 2 heterocycles. The molecular formula is C16H18ClN3O2S. The van der Waals surface area contributed by atoms with Crippen molar-refractivity contribution in [3.63, 3.8) is 0 Å². The fourth-order valence-corrected chi connectivity index (χ4v) is 4.44. The summed E-state index contributed by atoms with van der Waals surface area (Å²) in [6, 6.07) is 12.5. The van der Waals surface area contributed by atoms with E-state index in [0.29, 0.717) is 19.6 Å². The largest absolute Gasteiger partial charge is 0.303 e. The quantitative estimate of drug-likeness (QED) is 0.797. The van der Waals surface area contributed by atoms with Crippen LogP contribution in [0.5, 0.6) is 0 Å². The Hall–Kier alpha value is -1.47. The van der Waals surface area contributed by atoms with Crippen LogP contribution in [-0.2, 0) is 10.0 Å². The molecule has 0 bridgehead atoms. The van der Waals surface area contributed by atoms with Crippen molar-refractivity contribution < 1.29 is 8.42 Å². The van der Waals surface area contributed by atoms with E-state index in [2.05, 4.69) is 9.88 Å². The summed E-state index contributed by atoms with van der Waals surface area (Å²) in [7, 11) is -1.61. The van der Waals surface area contributed by atoms with Crippen molar-refractivity contribution >= 4 is 21.6 Å². The first-order chi connectivity index (χ1) is 11.0. The van der Waals surface area contributed by atoms with Gasteiger partial charge in [0.2, 0.25) is 10.0 Å². The Bertz CT molecular complexity index is 766. The zero-order valence-corrected chi connectivity index (χ0v) is 14.3. The van der Waals surface area contributed by atoms with Crippen molar-refractivity contribution in [3.8, 4) is 0 Å². The highest BCUT2D eigenvalue weighted by Crippen LogP contribution is 2.30. The van der Waals surface area contributed by atoms with Crippen molar-refractivity contribution in [2.45, 2.75) is 10.9 Å². The maximum absolute atomic E-state index is 13.0. The van der Waals surface area contributed by atoms with Gasteiger partial charge in [-0.25, -0.2) is 13.4 Å². The van der Waals surface area contributed by atoms with Gasteiger partial charge in [-0.2, -0.15) is 4.31 Å². The molecule has 1 atom stereocenters. The SMILES string of the molecule is CN1CCN(S(=O)(=O)c2ccc(Cl)nc2)C(c2ccccc2)C1. The predicted octanol–water partition coefficient (Wildman–Crippen LogP) is 2.41. The molecule has 0 spiro atoms. The Morgan fingerprint density at radius 3 is 2.52 bits per heavy atom. The fourth-order valence-electron chi connectivity index (χ4n) is 2.79. The summed E-state index contributed by atoms with van der Waals surface area (Å²) in [5.41, 5.74) is 0.990. The van der Waals surface area contributed by atoms with E-state index in [0.717, 1.165) is 5.56 Å². The van der Waals surface area contributed by atoms with Crippen LogP contribution in [0.2, 0.25) is 5.15 Å². The molecule has 0 amide bonds. The van der Waals surface area contributed by atoms with E-state index >= 15 is 0 Å². The first kappa shape index (κ1) is 16.4. The first-order valence-corrected chi connectivity index (χ1v) is 9.17. The number of pyridine rings is 1. The van der Waals surface area contributed by atoms with Gasteiger partial charge in [0.25, 0.3) is 0 Å². The lowest BCUT2D eigenvalue weighted by Gasteiger charge is -2.39. The molecule has 1 aliphatic heterocycles. The number of rotatable bonds is 3. The van der Waals surface area contributed by atoms with Gasteiger partial charge >= 0.3 is 0 Å². The van der Waals surface area contributed by atoms with Gasteiger partial charge in [-0.15, -0.1) is 0 Å². The molecule has 1 aliphatic rings. The third-order valence-corrected chi connectivity index (χ3v) is 6.14. The Labute approximate surface area is 141 Å². The highest BCUT2D eigenvalue weighted by molar-refractivity contribution is 7.89. The number of halogens is 1. The van der Waals surface area contributed by atoms with E-state index in [1.807, 2.05) is 37.4 Å². The van der Waals surface area contributed by atoms with Gasteiger partial charge in [-0.3, -0.25) is 0 Å². The summed E-state index contributed by atoms with van der Waals surface area (Å²) in [4.78, 5) is 6.22. The number of benzene rings is 1. The molecule has 1 saturated heterocycles. The number of nitrogens with zero attached hydrogens (tertiary/aromatic N) is 3. The number of hydrogen-bond acceptors (Lipinski definition) is 4. The van der Waals surface area contributed by atoms with E-state index in [1.165, 1.54) is 18.3 Å². The highest BCUT2D eigenvalue weighted by atomic mass is 35.5. The maximum Gasteiger partial charge on any atom is 0.245 e. The summed E-state index contributed by atoms with van der Waals surface area (Å²) in [5.74, 6) is 0. The topological polar surface area (TPSA) is 53.5 Å². The third kappa shape index (κ3) is 3.40. The van der Waals surface area contributed by atoms with Crippen LogP contribution in [0.1, 0.15) is 11.6 Å². The number of hydrogen-bond donors (Lipinski definition) is 0. The minimum atomic E-state index is -3.61. The summed E-state index contributed by atoms with van der Waals surface area (Å²) < 4.78 is 27.6. The van der Waals surface area contributed by atoms with Crippen molar-refractivity contribution in [2.75, 3.05) is 26.7 Å². The monoisotopic (exact) mass is 351 g/mol. The van der Waals surface area contributed by atoms with Gasteiger partial charge in [0.1, 0.15) is 10.0 Å². The predicted molar refractivity (Wildman–Crippen MR) is 89.8 cm³/mol. The zero-order valence-electron chi connectivity index (χ0n) is 12.8. The van der Waals surface area contributed by atoms with Crippen molar-refractivity contribution in [2.24, 2.45) is 0 Å². The minimum Gasteiger partial charge on any atom is -0.303 e. The highest BCUT2D eigenvalue weighted by Gasteiger charge is 2.36. The number of piperazine rings is 1. The van der Waals surface area contributed by atoms with Crippen LogP contribution in [0.4, 0.5) is 0 Å². The smallest absolute Gasteiger partial charge is 0.245 e. The zero-order chi connectivity index (χ0) is 16.4. The van der Waals surface area contributed by atoms with Crippen LogP contribution in [0, 0.1) is 0 Å². The molecule has 0 radical (unpaired) electrons. The van der Waals surface area contributed by atoms with Gasteiger partial charge in [-0.05, 0) is 24.7 Å². The Morgan fingerprint density at radius 1 is 1.13 bits per heavy atom. The van der Waals surface area contributed by atoms with E-state index < -0.39 is 10.0 Å². The molecule has 23 heavy (non-hydrogen) atoms. The first-order valence-electron chi connectivity index (χ1n) is 7.35. The molecule has 5 nitrogen and oxygen atoms in total. The Balaban J connectivity index is 1.99. The molecule has 1 aromatic carbocycles. The van der Waals surface area contributed by atoms with E-state index in [4.69, 9.17) is 11.6 Å². The molecule has 7 heteroatoms. The average Bonchev–Trinajstić information content (AvgIpc) is 2.56. The summed E-state index contributed by atoms with van der Waals surface area (Å²) in [6.45, 7) is 1.80. The molecule has 0 N–H and O–H groups in total. The molecule has 122 valence electrons. The summed E-state index contributed by atoms with van der Waals surface area (Å²) in [5, 5.41) is 0.280. The van der Waals surface area contributed by atoms with Crippen molar-refractivity contribution in [1.82, 2.24) is 14.2 Å². The lowest BCUT2D eigenvalue weighted by molar-refractivity contribution is 0.160. The number of sulfonamides is 1. The molecule has 3 rings (SSSR count). The maximum atomic E-state index is 13.0. The lowest BCUT2D eigenvalue weighted by Crippen LogP contribution is -2.49. The van der Waals surface area contributed by atoms with E-state index in [-0.39, 0.29) is 16.1 Å². The van der Waals surface area contributed by atoms with Crippen LogP contribution < -0.4 is 0 Å². The molecule has 0 aliphatic carbocycles. The normalized spacial score (nSPS) is 20.5. The second-order valence-corrected chi connectivity index (χ2v) is 7.90. The second-order valence-electron chi connectivity index (χ2n) is 5.62. The van der Waals surface area contributed by atoms with E-state index in [1.54, 1.807) is 4.31 Å². The van der Waals surface area contributed by atoms with Crippen LogP contribution in [-0.4, -0.2) is 49.3 Å². The number of aromatic nitrogens is 1. The van der Waals surface area contributed by atoms with Crippen LogP contribution in [0.3, 0.4) is 0 Å².